The summed E-state index contributed by atoms with van der Waals surface area (Å²) < 4.78 is 7.24. The minimum Gasteiger partial charge on any atom is -0.487 e. The van der Waals surface area contributed by atoms with Gasteiger partial charge in [0.2, 0.25) is 0 Å². The highest BCUT2D eigenvalue weighted by Crippen LogP contribution is 2.45. The summed E-state index contributed by atoms with van der Waals surface area (Å²) >= 11 is 7.93. The molecule has 0 radical (unpaired) electrons. The molecule has 7 nitrogen and oxygen atoms in total. The van der Waals surface area contributed by atoms with Crippen molar-refractivity contribution in [3.05, 3.63) is 82.6 Å². The topological polar surface area (TPSA) is 101 Å². The van der Waals surface area contributed by atoms with E-state index in [4.69, 9.17) is 21.3 Å². The number of carboxylic acid groups (broad SMARTS) is 1. The number of ether oxygens (including phenoxy) is 1. The SMILES string of the molecule is Cc1cc2nc(-c3ccnc(-c4ccc5[nH]ncc5c4C)c3)sc2c(-c2ccc(Cl)cc2OC(C)(C)C)c1CC(=O)O. The molecular formula is C33H29ClN4O3S. The number of rotatable bonds is 6. The van der Waals surface area contributed by atoms with Crippen LogP contribution < -0.4 is 4.74 Å². The Hall–Kier alpha value is -4.27. The lowest BCUT2D eigenvalue weighted by atomic mass is 9.92. The minimum absolute atomic E-state index is 0.128. The van der Waals surface area contributed by atoms with Crippen LogP contribution in [0.2, 0.25) is 5.02 Å². The summed E-state index contributed by atoms with van der Waals surface area (Å²) in [6.45, 7) is 9.92. The molecule has 42 heavy (non-hydrogen) atoms. The van der Waals surface area contributed by atoms with Gasteiger partial charge in [-0.05, 0) is 93.8 Å². The van der Waals surface area contributed by atoms with Crippen molar-refractivity contribution in [2.24, 2.45) is 0 Å². The predicted octanol–water partition coefficient (Wildman–Crippen LogP) is 8.64. The number of hydrogen-bond donors (Lipinski definition) is 2. The maximum atomic E-state index is 12.0. The molecule has 0 amide bonds. The summed E-state index contributed by atoms with van der Waals surface area (Å²) in [6.07, 6.45) is 3.50. The maximum absolute atomic E-state index is 12.0. The largest absolute Gasteiger partial charge is 0.487 e. The molecule has 0 unspecified atom stereocenters. The second-order valence-electron chi connectivity index (χ2n) is 11.3. The molecule has 0 fully saturated rings. The predicted molar refractivity (Wildman–Crippen MR) is 170 cm³/mol. The van der Waals surface area contributed by atoms with Crippen molar-refractivity contribution < 1.29 is 14.6 Å². The Morgan fingerprint density at radius 2 is 1.86 bits per heavy atom. The molecule has 0 spiro atoms. The average molecular weight is 597 g/mol. The fraction of sp³-hybridized carbons (Fsp3) is 0.212. The monoisotopic (exact) mass is 596 g/mol. The smallest absolute Gasteiger partial charge is 0.307 e. The van der Waals surface area contributed by atoms with E-state index < -0.39 is 11.6 Å². The van der Waals surface area contributed by atoms with Crippen LogP contribution >= 0.6 is 22.9 Å². The van der Waals surface area contributed by atoms with Crippen LogP contribution in [-0.4, -0.2) is 36.8 Å². The van der Waals surface area contributed by atoms with Gasteiger partial charge in [0.1, 0.15) is 16.4 Å². The van der Waals surface area contributed by atoms with Crippen molar-refractivity contribution in [3.8, 4) is 38.7 Å². The zero-order valence-corrected chi connectivity index (χ0v) is 25.4. The van der Waals surface area contributed by atoms with E-state index in [0.717, 1.165) is 70.8 Å². The number of aliphatic carboxylic acids is 1. The normalized spacial score (nSPS) is 11.9. The van der Waals surface area contributed by atoms with Gasteiger partial charge in [0.25, 0.3) is 0 Å². The van der Waals surface area contributed by atoms with E-state index in [-0.39, 0.29) is 6.42 Å². The van der Waals surface area contributed by atoms with E-state index in [9.17, 15) is 9.90 Å². The summed E-state index contributed by atoms with van der Waals surface area (Å²) in [5, 5.41) is 19.5. The number of carboxylic acids is 1. The van der Waals surface area contributed by atoms with Crippen LogP contribution in [0.15, 0.2) is 60.9 Å². The zero-order chi connectivity index (χ0) is 29.8. The summed E-state index contributed by atoms with van der Waals surface area (Å²) in [5.74, 6) is -0.306. The number of nitrogens with one attached hydrogen (secondary N) is 1. The van der Waals surface area contributed by atoms with Crippen LogP contribution in [0.5, 0.6) is 5.75 Å². The molecule has 0 aliphatic rings. The number of halogens is 1. The Labute approximate surface area is 252 Å². The number of benzene rings is 3. The van der Waals surface area contributed by atoms with Crippen molar-refractivity contribution in [2.75, 3.05) is 0 Å². The molecule has 3 aromatic carbocycles. The van der Waals surface area contributed by atoms with E-state index in [1.54, 1.807) is 18.3 Å². The molecule has 3 heterocycles. The van der Waals surface area contributed by atoms with Gasteiger partial charge in [0, 0.05) is 38.9 Å². The highest BCUT2D eigenvalue weighted by molar-refractivity contribution is 7.22. The highest BCUT2D eigenvalue weighted by Gasteiger charge is 2.24. The van der Waals surface area contributed by atoms with Crippen LogP contribution in [0, 0.1) is 13.8 Å². The fourth-order valence-corrected chi connectivity index (χ4v) is 6.58. The number of thiazole rings is 1. The standard InChI is InChI=1S/C33H29ClN4O3S/c1-17-12-27-31(30(23(17)15-29(39)40)22-7-6-20(34)14-28(22)41-33(3,4)5)42-32(37-27)19-10-11-35-26(13-19)21-8-9-25-24(18(21)2)16-36-38-25/h6-14,16H,15H2,1-5H3,(H,36,38)(H,39,40). The van der Waals surface area contributed by atoms with E-state index in [0.29, 0.717) is 10.8 Å². The Morgan fingerprint density at radius 3 is 2.62 bits per heavy atom. The first-order valence-electron chi connectivity index (χ1n) is 13.5. The number of pyridine rings is 1. The van der Waals surface area contributed by atoms with Crippen LogP contribution in [-0.2, 0) is 11.2 Å². The zero-order valence-electron chi connectivity index (χ0n) is 23.9. The molecule has 0 aliphatic heterocycles. The summed E-state index contributed by atoms with van der Waals surface area (Å²) in [7, 11) is 0. The van der Waals surface area contributed by atoms with Crippen molar-refractivity contribution >= 4 is 50.0 Å². The third-order valence-electron chi connectivity index (χ3n) is 7.14. The molecule has 9 heteroatoms. The van der Waals surface area contributed by atoms with Gasteiger partial charge in [0.15, 0.2) is 0 Å². The first kappa shape index (κ1) is 27.9. The van der Waals surface area contributed by atoms with Crippen LogP contribution in [0.25, 0.3) is 54.1 Å². The molecule has 212 valence electrons. The number of carbonyl (C=O) groups is 1. The first-order valence-corrected chi connectivity index (χ1v) is 14.7. The molecule has 6 aromatic rings. The lowest BCUT2D eigenvalue weighted by Crippen LogP contribution is -2.23. The molecule has 2 N–H and O–H groups in total. The van der Waals surface area contributed by atoms with Gasteiger partial charge in [-0.1, -0.05) is 17.7 Å². The second-order valence-corrected chi connectivity index (χ2v) is 12.8. The van der Waals surface area contributed by atoms with Gasteiger partial charge in [0.05, 0.1) is 34.0 Å². The number of aromatic amines is 1. The number of H-pyrrole nitrogens is 1. The van der Waals surface area contributed by atoms with Crippen LogP contribution in [0.4, 0.5) is 0 Å². The van der Waals surface area contributed by atoms with Gasteiger partial charge < -0.3 is 9.84 Å². The Morgan fingerprint density at radius 1 is 1.07 bits per heavy atom. The van der Waals surface area contributed by atoms with Crippen molar-refractivity contribution in [2.45, 2.75) is 46.6 Å². The van der Waals surface area contributed by atoms with Crippen LogP contribution in [0.1, 0.15) is 37.5 Å². The Kier molecular flexibility index (Phi) is 6.99. The van der Waals surface area contributed by atoms with Gasteiger partial charge in [-0.25, -0.2) is 4.98 Å². The Bertz CT molecular complexity index is 2000. The minimum atomic E-state index is -0.903. The number of nitrogens with zero attached hydrogens (tertiary/aromatic N) is 3. The molecule has 0 aliphatic carbocycles. The molecule has 6 rings (SSSR count). The van der Waals surface area contributed by atoms with Crippen molar-refractivity contribution in [3.63, 3.8) is 0 Å². The molecule has 0 bridgehead atoms. The van der Waals surface area contributed by atoms with Gasteiger partial charge in [-0.3, -0.25) is 14.9 Å². The van der Waals surface area contributed by atoms with E-state index in [1.165, 1.54) is 11.3 Å². The number of aromatic nitrogens is 4. The highest BCUT2D eigenvalue weighted by atomic mass is 35.5. The molecule has 0 saturated carbocycles. The molecule has 0 saturated heterocycles. The van der Waals surface area contributed by atoms with E-state index >= 15 is 0 Å². The lowest BCUT2D eigenvalue weighted by Gasteiger charge is -2.24. The molecular weight excluding hydrogens is 568 g/mol. The van der Waals surface area contributed by atoms with Crippen molar-refractivity contribution in [1.82, 2.24) is 20.2 Å². The lowest BCUT2D eigenvalue weighted by molar-refractivity contribution is -0.136. The summed E-state index contributed by atoms with van der Waals surface area (Å²) in [6, 6.07) is 15.5. The quantitative estimate of drug-likeness (QED) is 0.199. The number of hydrogen-bond acceptors (Lipinski definition) is 6. The fourth-order valence-electron chi connectivity index (χ4n) is 5.29. The van der Waals surface area contributed by atoms with Gasteiger partial charge >= 0.3 is 5.97 Å². The summed E-state index contributed by atoms with van der Waals surface area (Å²) in [4.78, 5) is 21.7. The summed E-state index contributed by atoms with van der Waals surface area (Å²) in [5.41, 5.74) is 8.36. The maximum Gasteiger partial charge on any atom is 0.307 e. The average Bonchev–Trinajstić information content (AvgIpc) is 3.57. The van der Waals surface area contributed by atoms with Crippen molar-refractivity contribution in [1.29, 1.82) is 0 Å². The third-order valence-corrected chi connectivity index (χ3v) is 8.52. The van der Waals surface area contributed by atoms with E-state index in [1.807, 2.05) is 64.2 Å². The second kappa shape index (κ2) is 10.5. The third kappa shape index (κ3) is 5.24. The Balaban J connectivity index is 1.55. The molecule has 3 aromatic heterocycles. The van der Waals surface area contributed by atoms with E-state index in [2.05, 4.69) is 28.2 Å². The van der Waals surface area contributed by atoms with Crippen LogP contribution in [0.3, 0.4) is 0 Å². The first-order chi connectivity index (χ1) is 20.0. The number of fused-ring (bicyclic) bond motifs is 2. The van der Waals surface area contributed by atoms with Gasteiger partial charge in [-0.2, -0.15) is 5.10 Å². The number of aryl methyl sites for hydroxylation is 2. The van der Waals surface area contributed by atoms with Gasteiger partial charge in [-0.15, -0.1) is 11.3 Å². The molecule has 0 atom stereocenters.